The molecule has 2 aromatic heterocycles. The van der Waals surface area contributed by atoms with Gasteiger partial charge in [0.25, 0.3) is 0 Å². The van der Waals surface area contributed by atoms with Crippen LogP contribution in [0.3, 0.4) is 0 Å². The van der Waals surface area contributed by atoms with Gasteiger partial charge < -0.3 is 10.2 Å². The molecule has 24 heavy (non-hydrogen) atoms. The van der Waals surface area contributed by atoms with Crippen LogP contribution in [0.5, 0.6) is 0 Å². The van der Waals surface area contributed by atoms with E-state index in [2.05, 4.69) is 25.1 Å². The van der Waals surface area contributed by atoms with E-state index < -0.39 is 0 Å². The van der Waals surface area contributed by atoms with Crippen LogP contribution in [0, 0.1) is 0 Å². The van der Waals surface area contributed by atoms with Gasteiger partial charge in [0.1, 0.15) is 11.6 Å². The first kappa shape index (κ1) is 16.7. The molecule has 1 aliphatic rings. The molecule has 1 amide bonds. The highest BCUT2D eigenvalue weighted by Gasteiger charge is 2.26. The third-order valence-corrected chi connectivity index (χ3v) is 4.42. The van der Waals surface area contributed by atoms with Gasteiger partial charge in [-0.15, -0.1) is 0 Å². The lowest BCUT2D eigenvalue weighted by molar-refractivity contribution is -0.120. The van der Waals surface area contributed by atoms with Crippen LogP contribution in [0.25, 0.3) is 0 Å². The monoisotopic (exact) mass is 345 g/mol. The van der Waals surface area contributed by atoms with Crippen molar-refractivity contribution in [1.82, 2.24) is 14.9 Å². The zero-order chi connectivity index (χ0) is 16.9. The van der Waals surface area contributed by atoms with Crippen LogP contribution in [-0.4, -0.2) is 53.0 Å². The SMILES string of the molecule is C[C@@H](C(=O)Nc1ccc(Cl)cn1)N1CCN(c2ccccn2)CC1. The summed E-state index contributed by atoms with van der Waals surface area (Å²) in [5.41, 5.74) is 0. The van der Waals surface area contributed by atoms with Crippen LogP contribution >= 0.6 is 11.6 Å². The Hall–Kier alpha value is -2.18. The molecule has 126 valence electrons. The molecular formula is C17H20ClN5O. The molecule has 1 atom stereocenters. The summed E-state index contributed by atoms with van der Waals surface area (Å²) in [5, 5.41) is 3.38. The van der Waals surface area contributed by atoms with Gasteiger partial charge in [-0.25, -0.2) is 9.97 Å². The van der Waals surface area contributed by atoms with Gasteiger partial charge in [0.2, 0.25) is 5.91 Å². The number of anilines is 2. The lowest BCUT2D eigenvalue weighted by Crippen LogP contribution is -2.53. The van der Waals surface area contributed by atoms with Gasteiger partial charge in [0.15, 0.2) is 0 Å². The van der Waals surface area contributed by atoms with Crippen molar-refractivity contribution < 1.29 is 4.79 Å². The van der Waals surface area contributed by atoms with Crippen molar-refractivity contribution in [1.29, 1.82) is 0 Å². The molecule has 0 aliphatic carbocycles. The number of aromatic nitrogens is 2. The molecular weight excluding hydrogens is 326 g/mol. The van der Waals surface area contributed by atoms with Crippen LogP contribution in [0.1, 0.15) is 6.92 Å². The molecule has 1 N–H and O–H groups in total. The van der Waals surface area contributed by atoms with Crippen molar-refractivity contribution >= 4 is 29.1 Å². The molecule has 1 fully saturated rings. The normalized spacial score (nSPS) is 16.7. The highest BCUT2D eigenvalue weighted by molar-refractivity contribution is 6.30. The number of carbonyl (C=O) groups is 1. The second-order valence-electron chi connectivity index (χ2n) is 5.74. The van der Waals surface area contributed by atoms with Gasteiger partial charge in [-0.1, -0.05) is 17.7 Å². The zero-order valence-corrected chi connectivity index (χ0v) is 14.3. The standard InChI is InChI=1S/C17H20ClN5O/c1-13(17(24)21-15-6-5-14(18)12-20-15)22-8-10-23(11-9-22)16-4-2-3-7-19-16/h2-7,12-13H,8-11H2,1H3,(H,20,21,24)/t13-/m0/s1. The van der Waals surface area contributed by atoms with E-state index in [1.54, 1.807) is 18.3 Å². The number of hydrogen-bond donors (Lipinski definition) is 1. The summed E-state index contributed by atoms with van der Waals surface area (Å²) < 4.78 is 0. The summed E-state index contributed by atoms with van der Waals surface area (Å²) >= 11 is 5.80. The Labute approximate surface area is 146 Å². The Bertz CT molecular complexity index is 671. The number of piperazine rings is 1. The van der Waals surface area contributed by atoms with Crippen molar-refractivity contribution in [3.05, 3.63) is 47.7 Å². The number of halogens is 1. The Morgan fingerprint density at radius 1 is 1.17 bits per heavy atom. The lowest BCUT2D eigenvalue weighted by Gasteiger charge is -2.37. The molecule has 3 rings (SSSR count). The molecule has 6 nitrogen and oxygen atoms in total. The quantitative estimate of drug-likeness (QED) is 0.921. The molecule has 0 spiro atoms. The first-order chi connectivity index (χ1) is 11.6. The maximum Gasteiger partial charge on any atom is 0.242 e. The summed E-state index contributed by atoms with van der Waals surface area (Å²) in [7, 11) is 0. The molecule has 3 heterocycles. The van der Waals surface area contributed by atoms with Crippen molar-refractivity contribution in [2.75, 3.05) is 36.4 Å². The molecule has 0 bridgehead atoms. The second kappa shape index (κ2) is 7.59. The highest BCUT2D eigenvalue weighted by atomic mass is 35.5. The Balaban J connectivity index is 1.53. The molecule has 1 aliphatic heterocycles. The second-order valence-corrected chi connectivity index (χ2v) is 6.17. The first-order valence-electron chi connectivity index (χ1n) is 7.96. The number of rotatable bonds is 4. The van der Waals surface area contributed by atoms with E-state index >= 15 is 0 Å². The number of nitrogens with zero attached hydrogens (tertiary/aromatic N) is 4. The summed E-state index contributed by atoms with van der Waals surface area (Å²) in [6.45, 7) is 5.27. The van der Waals surface area contributed by atoms with E-state index in [4.69, 9.17) is 11.6 Å². The van der Waals surface area contributed by atoms with Crippen LogP contribution in [-0.2, 0) is 4.79 Å². The minimum atomic E-state index is -0.214. The average Bonchev–Trinajstić information content (AvgIpc) is 2.64. The summed E-state index contributed by atoms with van der Waals surface area (Å²) in [6, 6.07) is 9.11. The van der Waals surface area contributed by atoms with Crippen LogP contribution in [0.15, 0.2) is 42.7 Å². The summed E-state index contributed by atoms with van der Waals surface area (Å²) in [6.07, 6.45) is 3.32. The number of amides is 1. The summed E-state index contributed by atoms with van der Waals surface area (Å²) in [5.74, 6) is 1.44. The molecule has 2 aromatic rings. The maximum atomic E-state index is 12.4. The minimum absolute atomic E-state index is 0.0592. The van der Waals surface area contributed by atoms with Crippen molar-refractivity contribution in [3.63, 3.8) is 0 Å². The Morgan fingerprint density at radius 3 is 2.58 bits per heavy atom. The van der Waals surface area contributed by atoms with Gasteiger partial charge in [-0.3, -0.25) is 9.69 Å². The van der Waals surface area contributed by atoms with Crippen molar-refractivity contribution in [2.24, 2.45) is 0 Å². The van der Waals surface area contributed by atoms with Crippen LogP contribution < -0.4 is 10.2 Å². The molecule has 0 saturated carbocycles. The fourth-order valence-electron chi connectivity index (χ4n) is 2.73. The van der Waals surface area contributed by atoms with Gasteiger partial charge in [-0.05, 0) is 31.2 Å². The third kappa shape index (κ3) is 4.01. The molecule has 0 radical (unpaired) electrons. The highest BCUT2D eigenvalue weighted by Crippen LogP contribution is 2.15. The predicted molar refractivity (Wildman–Crippen MR) is 95.4 cm³/mol. The van der Waals surface area contributed by atoms with Gasteiger partial charge in [0, 0.05) is 38.6 Å². The Morgan fingerprint density at radius 2 is 1.96 bits per heavy atom. The lowest BCUT2D eigenvalue weighted by atomic mass is 10.2. The van der Waals surface area contributed by atoms with Crippen LogP contribution in [0.2, 0.25) is 5.02 Å². The van der Waals surface area contributed by atoms with E-state index in [-0.39, 0.29) is 11.9 Å². The van der Waals surface area contributed by atoms with Gasteiger partial charge >= 0.3 is 0 Å². The average molecular weight is 346 g/mol. The van der Waals surface area contributed by atoms with E-state index in [0.29, 0.717) is 10.8 Å². The maximum absolute atomic E-state index is 12.4. The van der Waals surface area contributed by atoms with E-state index in [9.17, 15) is 4.79 Å². The van der Waals surface area contributed by atoms with Crippen molar-refractivity contribution in [2.45, 2.75) is 13.0 Å². The smallest absolute Gasteiger partial charge is 0.242 e. The minimum Gasteiger partial charge on any atom is -0.354 e. The topological polar surface area (TPSA) is 61.4 Å². The molecule has 0 aromatic carbocycles. The van der Waals surface area contributed by atoms with E-state index in [0.717, 1.165) is 32.0 Å². The van der Waals surface area contributed by atoms with Crippen LogP contribution in [0.4, 0.5) is 11.6 Å². The van der Waals surface area contributed by atoms with E-state index in [1.165, 1.54) is 6.20 Å². The molecule has 7 heteroatoms. The summed E-state index contributed by atoms with van der Waals surface area (Å²) in [4.78, 5) is 25.3. The Kier molecular flexibility index (Phi) is 5.27. The molecule has 0 unspecified atom stereocenters. The number of hydrogen-bond acceptors (Lipinski definition) is 5. The number of nitrogens with one attached hydrogen (secondary N) is 1. The fraction of sp³-hybridized carbons (Fsp3) is 0.353. The predicted octanol–water partition coefficient (Wildman–Crippen LogP) is 2.28. The third-order valence-electron chi connectivity index (χ3n) is 4.19. The molecule has 1 saturated heterocycles. The van der Waals surface area contributed by atoms with Gasteiger partial charge in [0.05, 0.1) is 11.1 Å². The first-order valence-corrected chi connectivity index (χ1v) is 8.34. The fourth-order valence-corrected chi connectivity index (χ4v) is 2.84. The zero-order valence-electron chi connectivity index (χ0n) is 13.5. The van der Waals surface area contributed by atoms with E-state index in [1.807, 2.05) is 25.1 Å². The van der Waals surface area contributed by atoms with Gasteiger partial charge in [-0.2, -0.15) is 0 Å². The van der Waals surface area contributed by atoms with Crippen molar-refractivity contribution in [3.8, 4) is 0 Å². The largest absolute Gasteiger partial charge is 0.354 e. The number of pyridine rings is 2. The number of carbonyl (C=O) groups excluding carboxylic acids is 1.